The highest BCUT2D eigenvalue weighted by molar-refractivity contribution is 9.10. The first-order valence-corrected chi connectivity index (χ1v) is 6.57. The van der Waals surface area contributed by atoms with E-state index in [1.807, 2.05) is 31.2 Å². The van der Waals surface area contributed by atoms with Gasteiger partial charge in [0.15, 0.2) is 0 Å². The van der Waals surface area contributed by atoms with E-state index in [0.29, 0.717) is 12.5 Å². The number of halogens is 1. The molecule has 17 heavy (non-hydrogen) atoms. The van der Waals surface area contributed by atoms with Crippen LogP contribution >= 0.6 is 15.9 Å². The summed E-state index contributed by atoms with van der Waals surface area (Å²) in [6, 6.07) is 7.95. The van der Waals surface area contributed by atoms with E-state index in [1.165, 1.54) is 0 Å². The third kappa shape index (κ3) is 5.22. The van der Waals surface area contributed by atoms with Crippen molar-refractivity contribution < 1.29 is 4.79 Å². The second kappa shape index (κ2) is 6.64. The third-order valence-corrected chi connectivity index (χ3v) is 3.21. The van der Waals surface area contributed by atoms with Crippen LogP contribution in [0.15, 0.2) is 28.7 Å². The molecule has 0 unspecified atom stereocenters. The fraction of sp³-hybridized carbons (Fsp3) is 0.462. The molecule has 0 fully saturated rings. The molecule has 1 rings (SSSR count). The summed E-state index contributed by atoms with van der Waals surface area (Å²) in [5, 5.41) is 6.03. The van der Waals surface area contributed by atoms with Crippen LogP contribution in [0.25, 0.3) is 0 Å². The maximum atomic E-state index is 11.6. The molecule has 3 nitrogen and oxygen atoms in total. The lowest BCUT2D eigenvalue weighted by molar-refractivity contribution is -0.120. The molecule has 0 saturated carbocycles. The van der Waals surface area contributed by atoms with E-state index >= 15 is 0 Å². The van der Waals surface area contributed by atoms with Crippen LogP contribution < -0.4 is 10.6 Å². The van der Waals surface area contributed by atoms with Crippen molar-refractivity contribution in [1.82, 2.24) is 5.32 Å². The number of hydrogen-bond donors (Lipinski definition) is 2. The number of carbonyl (C=O) groups excluding carboxylic acids is 1. The van der Waals surface area contributed by atoms with Crippen molar-refractivity contribution in [2.45, 2.75) is 26.8 Å². The van der Waals surface area contributed by atoms with Gasteiger partial charge >= 0.3 is 0 Å². The number of benzene rings is 1. The molecule has 0 heterocycles. The zero-order chi connectivity index (χ0) is 12.8. The van der Waals surface area contributed by atoms with Crippen molar-refractivity contribution in [2.75, 3.05) is 11.9 Å². The standard InChI is InChI=1S/C13H19BrN2O/c1-9(2)10(3)16-13(17)8-15-12-6-4-11(14)5-7-12/h4-7,9-10,15H,8H2,1-3H3,(H,16,17)/t10-/m1/s1. The van der Waals surface area contributed by atoms with Gasteiger partial charge in [-0.2, -0.15) is 0 Å². The highest BCUT2D eigenvalue weighted by Gasteiger charge is 2.09. The molecular formula is C13H19BrN2O. The smallest absolute Gasteiger partial charge is 0.239 e. The summed E-state index contributed by atoms with van der Waals surface area (Å²) < 4.78 is 1.03. The first kappa shape index (κ1) is 14.0. The quantitative estimate of drug-likeness (QED) is 0.877. The Balaban J connectivity index is 2.35. The number of carbonyl (C=O) groups is 1. The lowest BCUT2D eigenvalue weighted by Crippen LogP contribution is -2.39. The number of amides is 1. The molecule has 1 aromatic carbocycles. The van der Waals surface area contributed by atoms with Crippen molar-refractivity contribution in [1.29, 1.82) is 0 Å². The molecule has 94 valence electrons. The molecule has 1 atom stereocenters. The molecule has 4 heteroatoms. The minimum absolute atomic E-state index is 0.0223. The Kier molecular flexibility index (Phi) is 5.48. The third-order valence-electron chi connectivity index (χ3n) is 2.69. The number of hydrogen-bond acceptors (Lipinski definition) is 2. The fourth-order valence-corrected chi connectivity index (χ4v) is 1.49. The summed E-state index contributed by atoms with van der Waals surface area (Å²) in [6.45, 7) is 6.50. The Morgan fingerprint density at radius 2 is 1.82 bits per heavy atom. The predicted octanol–water partition coefficient (Wildman–Crippen LogP) is 3.02. The van der Waals surface area contributed by atoms with Crippen LogP contribution in [0.1, 0.15) is 20.8 Å². The van der Waals surface area contributed by atoms with Gasteiger partial charge in [0.05, 0.1) is 6.54 Å². The average Bonchev–Trinajstić information content (AvgIpc) is 2.28. The van der Waals surface area contributed by atoms with Crippen LogP contribution in [0.3, 0.4) is 0 Å². The van der Waals surface area contributed by atoms with Crippen LogP contribution in [0.4, 0.5) is 5.69 Å². The molecule has 0 aliphatic heterocycles. The molecule has 1 amide bonds. The molecule has 0 bridgehead atoms. The maximum Gasteiger partial charge on any atom is 0.239 e. The summed E-state index contributed by atoms with van der Waals surface area (Å²) in [5.41, 5.74) is 0.945. The van der Waals surface area contributed by atoms with E-state index in [4.69, 9.17) is 0 Å². The Morgan fingerprint density at radius 3 is 2.35 bits per heavy atom. The number of rotatable bonds is 5. The molecule has 0 saturated heterocycles. The molecule has 2 N–H and O–H groups in total. The van der Waals surface area contributed by atoms with Gasteiger partial charge in [0, 0.05) is 16.2 Å². The molecular weight excluding hydrogens is 280 g/mol. The normalized spacial score (nSPS) is 12.3. The highest BCUT2D eigenvalue weighted by Crippen LogP contribution is 2.13. The van der Waals surface area contributed by atoms with Gasteiger partial charge in [-0.15, -0.1) is 0 Å². The zero-order valence-electron chi connectivity index (χ0n) is 10.5. The van der Waals surface area contributed by atoms with Gasteiger partial charge in [-0.1, -0.05) is 29.8 Å². The first-order valence-electron chi connectivity index (χ1n) is 5.78. The van der Waals surface area contributed by atoms with Crippen LogP contribution in [0, 0.1) is 5.92 Å². The van der Waals surface area contributed by atoms with Crippen LogP contribution in [-0.4, -0.2) is 18.5 Å². The summed E-state index contributed by atoms with van der Waals surface area (Å²) in [6.07, 6.45) is 0. The summed E-state index contributed by atoms with van der Waals surface area (Å²) in [7, 11) is 0. The molecule has 0 aliphatic carbocycles. The van der Waals surface area contributed by atoms with Gasteiger partial charge in [-0.25, -0.2) is 0 Å². The zero-order valence-corrected chi connectivity index (χ0v) is 12.0. The molecule has 0 radical (unpaired) electrons. The van der Waals surface area contributed by atoms with Gasteiger partial charge in [-0.3, -0.25) is 4.79 Å². The maximum absolute atomic E-state index is 11.6. The Morgan fingerprint density at radius 1 is 1.24 bits per heavy atom. The lowest BCUT2D eigenvalue weighted by atomic mass is 10.1. The highest BCUT2D eigenvalue weighted by atomic mass is 79.9. The fourth-order valence-electron chi connectivity index (χ4n) is 1.22. The summed E-state index contributed by atoms with van der Waals surface area (Å²) >= 11 is 3.37. The minimum Gasteiger partial charge on any atom is -0.376 e. The van der Waals surface area contributed by atoms with Crippen molar-refractivity contribution in [2.24, 2.45) is 5.92 Å². The predicted molar refractivity (Wildman–Crippen MR) is 75.1 cm³/mol. The number of nitrogens with one attached hydrogen (secondary N) is 2. The van der Waals surface area contributed by atoms with E-state index in [2.05, 4.69) is 40.4 Å². The van der Waals surface area contributed by atoms with Crippen LogP contribution in [-0.2, 0) is 4.79 Å². The average molecular weight is 299 g/mol. The van der Waals surface area contributed by atoms with Crippen LogP contribution in [0.2, 0.25) is 0 Å². The molecule has 0 spiro atoms. The van der Waals surface area contributed by atoms with E-state index in [-0.39, 0.29) is 11.9 Å². The Hall–Kier alpha value is -1.03. The van der Waals surface area contributed by atoms with Crippen molar-refractivity contribution in [3.63, 3.8) is 0 Å². The van der Waals surface area contributed by atoms with Gasteiger partial charge in [-0.05, 0) is 37.1 Å². The minimum atomic E-state index is 0.0223. The Bertz CT molecular complexity index is 362. The molecule has 0 aliphatic rings. The van der Waals surface area contributed by atoms with Crippen molar-refractivity contribution in [3.05, 3.63) is 28.7 Å². The van der Waals surface area contributed by atoms with Gasteiger partial charge in [0.25, 0.3) is 0 Å². The molecule has 1 aromatic rings. The first-order chi connectivity index (χ1) is 7.99. The summed E-state index contributed by atoms with van der Waals surface area (Å²) in [5.74, 6) is 0.473. The van der Waals surface area contributed by atoms with Gasteiger partial charge < -0.3 is 10.6 Å². The van der Waals surface area contributed by atoms with E-state index in [1.54, 1.807) is 0 Å². The lowest BCUT2D eigenvalue weighted by Gasteiger charge is -2.17. The second-order valence-electron chi connectivity index (χ2n) is 4.46. The monoisotopic (exact) mass is 298 g/mol. The van der Waals surface area contributed by atoms with Gasteiger partial charge in [0.1, 0.15) is 0 Å². The number of anilines is 1. The van der Waals surface area contributed by atoms with Gasteiger partial charge in [0.2, 0.25) is 5.91 Å². The van der Waals surface area contributed by atoms with E-state index in [0.717, 1.165) is 10.2 Å². The summed E-state index contributed by atoms with van der Waals surface area (Å²) in [4.78, 5) is 11.6. The van der Waals surface area contributed by atoms with E-state index in [9.17, 15) is 4.79 Å². The second-order valence-corrected chi connectivity index (χ2v) is 5.38. The van der Waals surface area contributed by atoms with Crippen molar-refractivity contribution in [3.8, 4) is 0 Å². The van der Waals surface area contributed by atoms with Crippen molar-refractivity contribution >= 4 is 27.5 Å². The van der Waals surface area contributed by atoms with Crippen LogP contribution in [0.5, 0.6) is 0 Å². The Labute approximate surface area is 111 Å². The largest absolute Gasteiger partial charge is 0.376 e. The molecule has 0 aromatic heterocycles. The topological polar surface area (TPSA) is 41.1 Å². The van der Waals surface area contributed by atoms with E-state index < -0.39 is 0 Å². The SMILES string of the molecule is CC(C)[C@@H](C)NC(=O)CNc1ccc(Br)cc1.